The average Bonchev–Trinajstić information content (AvgIpc) is 2.93. The molecule has 0 aliphatic carbocycles. The number of amides is 1. The predicted octanol–water partition coefficient (Wildman–Crippen LogP) is 5.06. The molecule has 2 atom stereocenters. The lowest BCUT2D eigenvalue weighted by atomic mass is 9.64. The molecule has 0 saturated heterocycles. The maximum Gasteiger partial charge on any atom is 0.242 e. The number of hydrogen-bond donors (Lipinski definition) is 0. The number of rotatable bonds is 4. The van der Waals surface area contributed by atoms with Gasteiger partial charge in [-0.15, -0.1) is 6.58 Å². The van der Waals surface area contributed by atoms with Crippen molar-refractivity contribution in [2.45, 2.75) is 11.3 Å². The third-order valence-electron chi connectivity index (χ3n) is 5.49. The van der Waals surface area contributed by atoms with Gasteiger partial charge in [-0.3, -0.25) is 4.79 Å². The van der Waals surface area contributed by atoms with Gasteiger partial charge >= 0.3 is 0 Å². The van der Waals surface area contributed by atoms with Gasteiger partial charge in [-0.25, -0.2) is 4.39 Å². The Morgan fingerprint density at radius 2 is 1.59 bits per heavy atom. The van der Waals surface area contributed by atoms with Crippen LogP contribution in [0.2, 0.25) is 0 Å². The van der Waals surface area contributed by atoms with Crippen LogP contribution in [0.25, 0.3) is 0 Å². The fourth-order valence-electron chi connectivity index (χ4n) is 4.28. The second-order valence-electron chi connectivity index (χ2n) is 6.82. The highest BCUT2D eigenvalue weighted by Crippen LogP contribution is 2.53. The summed E-state index contributed by atoms with van der Waals surface area (Å²) in [5, 5.41) is 0. The maximum absolute atomic E-state index is 13.7. The summed E-state index contributed by atoms with van der Waals surface area (Å²) < 4.78 is 13.7. The first-order chi connectivity index (χ1) is 13.1. The summed E-state index contributed by atoms with van der Waals surface area (Å²) in [5.74, 6) is -0.650. The van der Waals surface area contributed by atoms with Crippen molar-refractivity contribution in [3.05, 3.63) is 114 Å². The smallest absolute Gasteiger partial charge is 0.242 e. The molecule has 1 heterocycles. The molecule has 0 unspecified atom stereocenters. The summed E-state index contributed by atoms with van der Waals surface area (Å²) in [6, 6.07) is 23.9. The molecule has 4 rings (SSSR count). The molecule has 0 radical (unpaired) electrons. The van der Waals surface area contributed by atoms with E-state index in [2.05, 4.69) is 6.58 Å². The molecular formula is C24H20FNO. The molecule has 134 valence electrons. The minimum absolute atomic E-state index is 0.0379. The first kappa shape index (κ1) is 17.2. The van der Waals surface area contributed by atoms with Crippen LogP contribution in [0.3, 0.4) is 0 Å². The van der Waals surface area contributed by atoms with Crippen LogP contribution in [-0.2, 0) is 10.2 Å². The van der Waals surface area contributed by atoms with Gasteiger partial charge in [0.1, 0.15) is 11.2 Å². The number of anilines is 1. The maximum atomic E-state index is 13.7. The normalized spacial score (nSPS) is 19.6. The summed E-state index contributed by atoms with van der Waals surface area (Å²) >= 11 is 0. The lowest BCUT2D eigenvalue weighted by Gasteiger charge is -2.36. The SMILES string of the molecule is C=C[C@@H](c1ccccc1)[C@]1(c2ccc(F)cc2)C(=O)N(C)c2ccccc21. The van der Waals surface area contributed by atoms with E-state index in [1.165, 1.54) is 12.1 Å². The van der Waals surface area contributed by atoms with Crippen molar-refractivity contribution in [3.8, 4) is 0 Å². The van der Waals surface area contributed by atoms with Crippen LogP contribution in [0.15, 0.2) is 91.5 Å². The van der Waals surface area contributed by atoms with Crippen molar-refractivity contribution in [1.29, 1.82) is 0 Å². The standard InChI is InChI=1S/C24H20FNO/c1-3-20(17-9-5-4-6-10-17)24(18-13-15-19(25)16-14-18)21-11-7-8-12-22(21)26(2)23(24)27/h3-16,20H,1H2,2H3/t20-,24-/m0/s1. The Labute approximate surface area is 158 Å². The van der Waals surface area contributed by atoms with Crippen molar-refractivity contribution in [1.82, 2.24) is 0 Å². The molecule has 1 amide bonds. The highest BCUT2D eigenvalue weighted by molar-refractivity contribution is 6.11. The number of hydrogen-bond acceptors (Lipinski definition) is 1. The quantitative estimate of drug-likeness (QED) is 0.598. The molecule has 0 bridgehead atoms. The highest BCUT2D eigenvalue weighted by Gasteiger charge is 2.55. The second kappa shape index (κ2) is 6.51. The molecule has 0 N–H and O–H groups in total. The Bertz CT molecular complexity index is 996. The van der Waals surface area contributed by atoms with Gasteiger partial charge in [0.05, 0.1) is 0 Å². The molecule has 0 fully saturated rings. The minimum Gasteiger partial charge on any atom is -0.314 e. The molecule has 2 nitrogen and oxygen atoms in total. The summed E-state index contributed by atoms with van der Waals surface area (Å²) in [6.45, 7) is 4.06. The van der Waals surface area contributed by atoms with E-state index in [1.807, 2.05) is 60.7 Å². The number of likely N-dealkylation sites (N-methyl/N-ethyl adjacent to an activating group) is 1. The molecule has 3 heteroatoms. The van der Waals surface area contributed by atoms with Crippen LogP contribution in [-0.4, -0.2) is 13.0 Å². The van der Waals surface area contributed by atoms with Crippen molar-refractivity contribution in [2.24, 2.45) is 0 Å². The summed E-state index contributed by atoms with van der Waals surface area (Å²) in [5.41, 5.74) is 2.56. The van der Waals surface area contributed by atoms with Gasteiger partial charge in [0, 0.05) is 18.7 Å². The highest BCUT2D eigenvalue weighted by atomic mass is 19.1. The van der Waals surface area contributed by atoms with E-state index < -0.39 is 5.41 Å². The van der Waals surface area contributed by atoms with E-state index in [0.717, 1.165) is 22.4 Å². The lowest BCUT2D eigenvalue weighted by Crippen LogP contribution is -2.44. The Hall–Kier alpha value is -3.20. The van der Waals surface area contributed by atoms with Gasteiger partial charge < -0.3 is 4.90 Å². The molecule has 3 aromatic carbocycles. The van der Waals surface area contributed by atoms with Crippen LogP contribution in [0.4, 0.5) is 10.1 Å². The number of benzene rings is 3. The average molecular weight is 357 g/mol. The van der Waals surface area contributed by atoms with Crippen molar-refractivity contribution in [3.63, 3.8) is 0 Å². The first-order valence-electron chi connectivity index (χ1n) is 8.92. The number of allylic oxidation sites excluding steroid dienone is 1. The third kappa shape index (κ3) is 2.42. The van der Waals surface area contributed by atoms with Crippen LogP contribution in [0, 0.1) is 5.82 Å². The summed E-state index contributed by atoms with van der Waals surface area (Å²) in [7, 11) is 1.79. The van der Waals surface area contributed by atoms with Crippen LogP contribution >= 0.6 is 0 Å². The zero-order valence-corrected chi connectivity index (χ0v) is 15.1. The van der Waals surface area contributed by atoms with Gasteiger partial charge in [0.25, 0.3) is 0 Å². The minimum atomic E-state index is -0.984. The molecule has 3 aromatic rings. The molecule has 1 aliphatic heterocycles. The Morgan fingerprint density at radius 3 is 2.26 bits per heavy atom. The van der Waals surface area contributed by atoms with E-state index in [1.54, 1.807) is 24.1 Å². The van der Waals surface area contributed by atoms with Crippen molar-refractivity contribution < 1.29 is 9.18 Å². The number of fused-ring (bicyclic) bond motifs is 1. The molecular weight excluding hydrogens is 337 g/mol. The Kier molecular flexibility index (Phi) is 4.15. The number of carbonyl (C=O) groups excluding carboxylic acids is 1. The van der Waals surface area contributed by atoms with Gasteiger partial charge in [-0.1, -0.05) is 66.7 Å². The van der Waals surface area contributed by atoms with E-state index in [4.69, 9.17) is 0 Å². The summed E-state index contributed by atoms with van der Waals surface area (Å²) in [4.78, 5) is 15.4. The van der Waals surface area contributed by atoms with Gasteiger partial charge in [0.2, 0.25) is 5.91 Å². The molecule has 0 aromatic heterocycles. The largest absolute Gasteiger partial charge is 0.314 e. The topological polar surface area (TPSA) is 20.3 Å². The van der Waals surface area contributed by atoms with E-state index in [9.17, 15) is 9.18 Å². The fourth-order valence-corrected chi connectivity index (χ4v) is 4.28. The number of halogens is 1. The van der Waals surface area contributed by atoms with Gasteiger partial charge in [-0.05, 0) is 34.9 Å². The van der Waals surface area contributed by atoms with Crippen LogP contribution in [0.5, 0.6) is 0 Å². The monoisotopic (exact) mass is 357 g/mol. The second-order valence-corrected chi connectivity index (χ2v) is 6.82. The number of nitrogens with zero attached hydrogens (tertiary/aromatic N) is 1. The van der Waals surface area contributed by atoms with Crippen molar-refractivity contribution in [2.75, 3.05) is 11.9 Å². The molecule has 1 aliphatic rings. The van der Waals surface area contributed by atoms with Crippen LogP contribution < -0.4 is 4.90 Å². The predicted molar refractivity (Wildman–Crippen MR) is 106 cm³/mol. The Balaban J connectivity index is 2.07. The number of carbonyl (C=O) groups is 1. The van der Waals surface area contributed by atoms with Gasteiger partial charge in [-0.2, -0.15) is 0 Å². The van der Waals surface area contributed by atoms with Crippen molar-refractivity contribution >= 4 is 11.6 Å². The van der Waals surface area contributed by atoms with Gasteiger partial charge in [0.15, 0.2) is 0 Å². The Morgan fingerprint density at radius 1 is 0.963 bits per heavy atom. The molecule has 0 saturated carbocycles. The fraction of sp³-hybridized carbons (Fsp3) is 0.125. The zero-order valence-electron chi connectivity index (χ0n) is 15.1. The van der Waals surface area contributed by atoms with Crippen LogP contribution in [0.1, 0.15) is 22.6 Å². The third-order valence-corrected chi connectivity index (χ3v) is 5.49. The van der Waals surface area contributed by atoms with E-state index >= 15 is 0 Å². The molecule has 0 spiro atoms. The summed E-state index contributed by atoms with van der Waals surface area (Å²) in [6.07, 6.45) is 1.83. The zero-order chi connectivity index (χ0) is 19.0. The lowest BCUT2D eigenvalue weighted by molar-refractivity contribution is -0.122. The van der Waals surface area contributed by atoms with E-state index in [-0.39, 0.29) is 17.6 Å². The number of para-hydroxylation sites is 1. The van der Waals surface area contributed by atoms with E-state index in [0.29, 0.717) is 0 Å². The molecule has 27 heavy (non-hydrogen) atoms. The first-order valence-corrected chi connectivity index (χ1v) is 8.92.